The first-order valence-electron chi connectivity index (χ1n) is 6.30. The molecule has 1 unspecified atom stereocenters. The summed E-state index contributed by atoms with van der Waals surface area (Å²) in [6.07, 6.45) is -0.0439. The van der Waals surface area contributed by atoms with Crippen LogP contribution in [0.1, 0.15) is 22.3 Å². The molecule has 126 valence electrons. The number of esters is 1. The molecule has 0 amide bonds. The van der Waals surface area contributed by atoms with Crippen LogP contribution in [0.3, 0.4) is 0 Å². The van der Waals surface area contributed by atoms with Crippen LogP contribution in [0.15, 0.2) is 18.2 Å². The van der Waals surface area contributed by atoms with E-state index >= 15 is 0 Å². The van der Waals surface area contributed by atoms with Crippen LogP contribution in [0.5, 0.6) is 5.75 Å². The Hall–Kier alpha value is -2.10. The Balaban J connectivity index is 2.33. The minimum absolute atomic E-state index is 0.0387. The first-order valence-corrected chi connectivity index (χ1v) is 7.70. The van der Waals surface area contributed by atoms with E-state index in [0.29, 0.717) is 0 Å². The maximum absolute atomic E-state index is 12.3. The fraction of sp³-hybridized carbons (Fsp3) is 0.385. The van der Waals surface area contributed by atoms with E-state index in [2.05, 4.69) is 8.92 Å². The van der Waals surface area contributed by atoms with Crippen LogP contribution in [0, 0.1) is 5.92 Å². The third-order valence-electron chi connectivity index (χ3n) is 3.30. The van der Waals surface area contributed by atoms with E-state index in [4.69, 9.17) is 0 Å². The molecular weight excluding hydrogens is 341 g/mol. The Kier molecular flexibility index (Phi) is 4.38. The molecule has 0 bridgehead atoms. The van der Waals surface area contributed by atoms with Crippen molar-refractivity contribution in [1.82, 2.24) is 0 Å². The Labute approximate surface area is 129 Å². The van der Waals surface area contributed by atoms with Gasteiger partial charge in [0.1, 0.15) is 5.75 Å². The van der Waals surface area contributed by atoms with Crippen LogP contribution < -0.4 is 4.18 Å². The minimum atomic E-state index is -5.80. The maximum Gasteiger partial charge on any atom is 0.534 e. The van der Waals surface area contributed by atoms with Gasteiger partial charge in [-0.1, -0.05) is 0 Å². The van der Waals surface area contributed by atoms with Crippen LogP contribution in [0.25, 0.3) is 0 Å². The van der Waals surface area contributed by atoms with Gasteiger partial charge in [-0.05, 0) is 30.2 Å². The van der Waals surface area contributed by atoms with E-state index in [-0.39, 0.29) is 29.8 Å². The third-order valence-corrected chi connectivity index (χ3v) is 4.28. The van der Waals surface area contributed by atoms with Crippen molar-refractivity contribution >= 4 is 21.9 Å². The molecule has 0 fully saturated rings. The van der Waals surface area contributed by atoms with Crippen LogP contribution in [-0.2, 0) is 26.1 Å². The highest BCUT2D eigenvalue weighted by Crippen LogP contribution is 2.32. The van der Waals surface area contributed by atoms with Crippen molar-refractivity contribution in [2.75, 3.05) is 7.11 Å². The van der Waals surface area contributed by atoms with Gasteiger partial charge in [-0.25, -0.2) is 0 Å². The summed E-state index contributed by atoms with van der Waals surface area (Å²) in [6.45, 7) is 0. The number of fused-ring (bicyclic) bond motifs is 1. The highest BCUT2D eigenvalue weighted by atomic mass is 32.2. The highest BCUT2D eigenvalue weighted by molar-refractivity contribution is 7.88. The summed E-state index contributed by atoms with van der Waals surface area (Å²) in [5.41, 5.74) is -5.12. The predicted molar refractivity (Wildman–Crippen MR) is 70.2 cm³/mol. The molecule has 2 rings (SSSR count). The summed E-state index contributed by atoms with van der Waals surface area (Å²) in [7, 11) is -4.65. The van der Waals surface area contributed by atoms with Crippen LogP contribution in [0.2, 0.25) is 0 Å². The van der Waals surface area contributed by atoms with Crippen molar-refractivity contribution < 1.29 is 40.1 Å². The molecule has 1 aromatic rings. The van der Waals surface area contributed by atoms with Gasteiger partial charge in [-0.15, -0.1) is 0 Å². The molecular formula is C13H11F3O6S. The van der Waals surface area contributed by atoms with Crippen molar-refractivity contribution in [2.24, 2.45) is 5.92 Å². The van der Waals surface area contributed by atoms with Crippen molar-refractivity contribution in [3.63, 3.8) is 0 Å². The summed E-state index contributed by atoms with van der Waals surface area (Å²) < 4.78 is 67.4. The number of hydrogen-bond donors (Lipinski definition) is 0. The van der Waals surface area contributed by atoms with Crippen molar-refractivity contribution in [3.8, 4) is 5.75 Å². The summed E-state index contributed by atoms with van der Waals surface area (Å²) in [5.74, 6) is -2.36. The van der Waals surface area contributed by atoms with Gasteiger partial charge < -0.3 is 8.92 Å². The number of carbonyl (C=O) groups excluding carboxylic acids is 2. The number of hydrogen-bond acceptors (Lipinski definition) is 6. The molecule has 1 aliphatic rings. The lowest BCUT2D eigenvalue weighted by molar-refractivity contribution is -0.145. The monoisotopic (exact) mass is 352 g/mol. The summed E-state index contributed by atoms with van der Waals surface area (Å²) in [5, 5.41) is 0. The summed E-state index contributed by atoms with van der Waals surface area (Å²) in [6, 6.07) is 3.14. The lowest BCUT2D eigenvalue weighted by Crippen LogP contribution is -2.29. The van der Waals surface area contributed by atoms with Crippen molar-refractivity contribution in [1.29, 1.82) is 0 Å². The minimum Gasteiger partial charge on any atom is -0.469 e. The quantitative estimate of drug-likeness (QED) is 0.469. The number of ether oxygens (including phenoxy) is 1. The predicted octanol–water partition coefficient (Wildman–Crippen LogP) is 1.83. The molecule has 6 nitrogen and oxygen atoms in total. The smallest absolute Gasteiger partial charge is 0.469 e. The number of carbonyl (C=O) groups is 2. The number of halogens is 3. The molecule has 23 heavy (non-hydrogen) atoms. The largest absolute Gasteiger partial charge is 0.534 e. The van der Waals surface area contributed by atoms with E-state index in [1.807, 2.05) is 0 Å². The second-order valence-corrected chi connectivity index (χ2v) is 6.39. The van der Waals surface area contributed by atoms with Crippen molar-refractivity contribution in [2.45, 2.75) is 18.3 Å². The van der Waals surface area contributed by atoms with Gasteiger partial charge in [0, 0.05) is 12.0 Å². The second kappa shape index (κ2) is 5.84. The average Bonchev–Trinajstić information content (AvgIpc) is 2.44. The molecule has 10 heteroatoms. The molecule has 0 spiro atoms. The molecule has 0 N–H and O–H groups in total. The van der Waals surface area contributed by atoms with Crippen LogP contribution in [-0.4, -0.2) is 32.8 Å². The van der Waals surface area contributed by atoms with E-state index < -0.39 is 33.3 Å². The van der Waals surface area contributed by atoms with E-state index in [1.165, 1.54) is 6.07 Å². The van der Waals surface area contributed by atoms with Gasteiger partial charge in [0.2, 0.25) is 0 Å². The summed E-state index contributed by atoms with van der Waals surface area (Å²) >= 11 is 0. The van der Waals surface area contributed by atoms with Gasteiger partial charge in [-0.3, -0.25) is 9.59 Å². The Morgan fingerprint density at radius 3 is 2.48 bits per heavy atom. The van der Waals surface area contributed by atoms with E-state index in [1.54, 1.807) is 0 Å². The van der Waals surface area contributed by atoms with Gasteiger partial charge in [0.05, 0.1) is 13.0 Å². The van der Waals surface area contributed by atoms with Gasteiger partial charge in [-0.2, -0.15) is 21.6 Å². The number of rotatable bonds is 3. The van der Waals surface area contributed by atoms with Crippen LogP contribution in [0.4, 0.5) is 13.2 Å². The fourth-order valence-electron chi connectivity index (χ4n) is 2.24. The Morgan fingerprint density at radius 1 is 1.26 bits per heavy atom. The van der Waals surface area contributed by atoms with Gasteiger partial charge >= 0.3 is 21.6 Å². The van der Waals surface area contributed by atoms with Gasteiger partial charge in [0.25, 0.3) is 0 Å². The van der Waals surface area contributed by atoms with Crippen molar-refractivity contribution in [3.05, 3.63) is 29.3 Å². The molecule has 0 heterocycles. The SMILES string of the molecule is COC(=O)C1CC(=O)c2ccc(OS(=O)(=O)C(F)(F)F)cc2C1. The zero-order chi connectivity index (χ0) is 17.4. The number of alkyl halides is 3. The van der Waals surface area contributed by atoms with Crippen LogP contribution >= 0.6 is 0 Å². The number of methoxy groups -OCH3 is 1. The fourth-order valence-corrected chi connectivity index (χ4v) is 2.69. The number of benzene rings is 1. The summed E-state index contributed by atoms with van der Waals surface area (Å²) in [4.78, 5) is 23.4. The molecule has 0 aliphatic heterocycles. The standard InChI is InChI=1S/C13H11F3O6S/c1-21-12(18)8-4-7-5-9(2-3-10(7)11(17)6-8)22-23(19,20)13(14,15)16/h2-3,5,8H,4,6H2,1H3. The molecule has 1 aliphatic carbocycles. The molecule has 1 aromatic carbocycles. The topological polar surface area (TPSA) is 86.7 Å². The normalized spacial score (nSPS) is 18.3. The molecule has 0 saturated heterocycles. The molecule has 0 radical (unpaired) electrons. The molecule has 0 saturated carbocycles. The first-order chi connectivity index (χ1) is 10.5. The Morgan fingerprint density at radius 2 is 1.91 bits per heavy atom. The number of ketones is 1. The lowest BCUT2D eigenvalue weighted by atomic mass is 9.83. The average molecular weight is 352 g/mol. The first kappa shape index (κ1) is 17.3. The maximum atomic E-state index is 12.3. The van der Waals surface area contributed by atoms with E-state index in [0.717, 1.165) is 19.2 Å². The second-order valence-electron chi connectivity index (χ2n) is 4.85. The van der Waals surface area contributed by atoms with E-state index in [9.17, 15) is 31.2 Å². The lowest BCUT2D eigenvalue weighted by Gasteiger charge is -2.22. The zero-order valence-corrected chi connectivity index (χ0v) is 12.5. The zero-order valence-electron chi connectivity index (χ0n) is 11.7. The highest BCUT2D eigenvalue weighted by Gasteiger charge is 2.48. The van der Waals surface area contributed by atoms with Gasteiger partial charge in [0.15, 0.2) is 5.78 Å². The molecule has 0 aromatic heterocycles. The Bertz CT molecular complexity index is 753. The molecule has 1 atom stereocenters. The third kappa shape index (κ3) is 3.46. The number of Topliss-reactive ketones (excluding diaryl/α,β-unsaturated/α-hetero) is 1.